The van der Waals surface area contributed by atoms with Crippen molar-refractivity contribution in [2.75, 3.05) is 0 Å². The van der Waals surface area contributed by atoms with Crippen LogP contribution in [0.25, 0.3) is 0 Å². The molecule has 2 rings (SSSR count). The Morgan fingerprint density at radius 1 is 1.27 bits per heavy atom. The van der Waals surface area contributed by atoms with Gasteiger partial charge in [-0.15, -0.1) is 0 Å². The minimum absolute atomic E-state index is 0.0202. The summed E-state index contributed by atoms with van der Waals surface area (Å²) in [5.41, 5.74) is 0.483. The predicted octanol–water partition coefficient (Wildman–Crippen LogP) is 2.88. The van der Waals surface area contributed by atoms with Gasteiger partial charge in [0.05, 0.1) is 16.6 Å². The molecule has 0 aliphatic heterocycles. The van der Waals surface area contributed by atoms with Crippen molar-refractivity contribution in [3.05, 3.63) is 33.8 Å². The van der Waals surface area contributed by atoms with Crippen molar-refractivity contribution in [1.29, 1.82) is 0 Å². The largest absolute Gasteiger partial charge is 0.494 e. The number of nitrogens with zero attached hydrogens (tertiary/aromatic N) is 2. The van der Waals surface area contributed by atoms with Gasteiger partial charge >= 0.3 is 0 Å². The molecule has 0 unspecified atom stereocenters. The van der Waals surface area contributed by atoms with Gasteiger partial charge in [-0.05, 0) is 17.7 Å². The summed E-state index contributed by atoms with van der Waals surface area (Å²) in [6, 6.07) is 4.11. The van der Waals surface area contributed by atoms with E-state index in [-0.39, 0.29) is 46.3 Å². The summed E-state index contributed by atoms with van der Waals surface area (Å²) in [4.78, 5) is 10.4. The maximum absolute atomic E-state index is 10.4. The molecule has 0 fully saturated rings. The maximum atomic E-state index is 10.4. The second-order valence-corrected chi connectivity index (χ2v) is 5.26. The molecular weight excluding hydrogens is 335 g/mol. The summed E-state index contributed by atoms with van der Waals surface area (Å²) < 4.78 is 6.53. The Bertz CT molecular complexity index is 694. The SMILES string of the molecule is Cn1c(O)cc(Oc2c(Cl)cc(CN(O)C=O)cc2Cl)c1O. The zero-order valence-electron chi connectivity index (χ0n) is 11.3. The number of hydrogen-bond donors (Lipinski definition) is 3. The number of halogens is 2. The van der Waals surface area contributed by atoms with Crippen molar-refractivity contribution < 1.29 is 25.0 Å². The first-order valence-electron chi connectivity index (χ1n) is 5.97. The van der Waals surface area contributed by atoms with Crippen LogP contribution >= 0.6 is 23.2 Å². The summed E-state index contributed by atoms with van der Waals surface area (Å²) in [5.74, 6) is -0.439. The summed E-state index contributed by atoms with van der Waals surface area (Å²) in [7, 11) is 1.44. The van der Waals surface area contributed by atoms with E-state index in [1.165, 1.54) is 25.2 Å². The molecule has 3 N–H and O–H groups in total. The van der Waals surface area contributed by atoms with Gasteiger partial charge in [-0.25, -0.2) is 5.06 Å². The third-order valence-corrected chi connectivity index (χ3v) is 3.44. The minimum Gasteiger partial charge on any atom is -0.494 e. The number of aromatic nitrogens is 1. The monoisotopic (exact) mass is 346 g/mol. The molecule has 2 aromatic rings. The van der Waals surface area contributed by atoms with Gasteiger partial charge < -0.3 is 14.9 Å². The lowest BCUT2D eigenvalue weighted by atomic mass is 10.2. The lowest BCUT2D eigenvalue weighted by molar-refractivity contribution is -0.152. The molecular formula is C13H12Cl2N2O5. The van der Waals surface area contributed by atoms with Gasteiger partial charge in [0.25, 0.3) is 0 Å². The van der Waals surface area contributed by atoms with Crippen LogP contribution in [0.1, 0.15) is 5.56 Å². The van der Waals surface area contributed by atoms with E-state index >= 15 is 0 Å². The number of aromatic hydroxyl groups is 2. The third-order valence-electron chi connectivity index (χ3n) is 2.88. The quantitative estimate of drug-likeness (QED) is 0.439. The van der Waals surface area contributed by atoms with Crippen LogP contribution in [0.3, 0.4) is 0 Å². The first kappa shape index (κ1) is 16.3. The summed E-state index contributed by atoms with van der Waals surface area (Å²) in [5, 5.41) is 29.1. The van der Waals surface area contributed by atoms with Crippen LogP contribution in [0.15, 0.2) is 18.2 Å². The average molecular weight is 347 g/mol. The average Bonchev–Trinajstić information content (AvgIpc) is 2.70. The molecule has 22 heavy (non-hydrogen) atoms. The number of carbonyl (C=O) groups is 1. The highest BCUT2D eigenvalue weighted by Crippen LogP contribution is 2.42. The van der Waals surface area contributed by atoms with Crippen molar-refractivity contribution in [2.24, 2.45) is 7.05 Å². The van der Waals surface area contributed by atoms with Gasteiger partial charge in [-0.3, -0.25) is 14.6 Å². The first-order chi connectivity index (χ1) is 10.3. The Balaban J connectivity index is 2.32. The Labute approximate surface area is 135 Å². The number of ether oxygens (including phenoxy) is 1. The van der Waals surface area contributed by atoms with Gasteiger partial charge in [0.1, 0.15) is 0 Å². The molecule has 0 aliphatic rings. The molecule has 7 nitrogen and oxygen atoms in total. The number of amides is 1. The standard InChI is InChI=1S/C13H12Cl2N2O5/c1-16-11(19)4-10(13(16)20)22-12-8(14)2-7(3-9(12)15)5-17(21)6-18/h2-4,6,19-21H,5H2,1H3. The van der Waals surface area contributed by atoms with Gasteiger partial charge in [-0.2, -0.15) is 0 Å². The number of rotatable bonds is 5. The number of hydroxylamine groups is 2. The number of hydrogen-bond acceptors (Lipinski definition) is 5. The highest BCUT2D eigenvalue weighted by Gasteiger charge is 2.17. The molecule has 1 amide bonds. The van der Waals surface area contributed by atoms with E-state index in [1.807, 2.05) is 0 Å². The van der Waals surface area contributed by atoms with Crippen LogP contribution in [-0.4, -0.2) is 31.5 Å². The van der Waals surface area contributed by atoms with Gasteiger partial charge in [0, 0.05) is 13.1 Å². The predicted molar refractivity (Wildman–Crippen MR) is 78.7 cm³/mol. The molecule has 1 heterocycles. The maximum Gasteiger partial charge on any atom is 0.238 e. The topological polar surface area (TPSA) is 95.2 Å². The van der Waals surface area contributed by atoms with E-state index in [9.17, 15) is 15.0 Å². The lowest BCUT2D eigenvalue weighted by Gasteiger charge is -2.13. The molecule has 0 saturated heterocycles. The lowest BCUT2D eigenvalue weighted by Crippen LogP contribution is -2.15. The normalized spacial score (nSPS) is 10.5. The summed E-state index contributed by atoms with van der Waals surface area (Å²) in [6.07, 6.45) is 0.247. The van der Waals surface area contributed by atoms with Crippen molar-refractivity contribution in [2.45, 2.75) is 6.54 Å². The Hall–Kier alpha value is -2.09. The molecule has 0 spiro atoms. The van der Waals surface area contributed by atoms with Crippen molar-refractivity contribution in [3.63, 3.8) is 0 Å². The smallest absolute Gasteiger partial charge is 0.238 e. The number of carbonyl (C=O) groups excluding carboxylic acids is 1. The van der Waals surface area contributed by atoms with Gasteiger partial charge in [-0.1, -0.05) is 23.2 Å². The number of benzene rings is 1. The van der Waals surface area contributed by atoms with E-state index in [0.29, 0.717) is 10.6 Å². The molecule has 0 bridgehead atoms. The fourth-order valence-corrected chi connectivity index (χ4v) is 2.37. The molecule has 0 atom stereocenters. The fraction of sp³-hybridized carbons (Fsp3) is 0.154. The van der Waals surface area contributed by atoms with E-state index < -0.39 is 0 Å². The van der Waals surface area contributed by atoms with Crippen LogP contribution in [0.2, 0.25) is 10.0 Å². The van der Waals surface area contributed by atoms with E-state index in [4.69, 9.17) is 33.1 Å². The van der Waals surface area contributed by atoms with Crippen LogP contribution < -0.4 is 4.74 Å². The fourth-order valence-electron chi connectivity index (χ4n) is 1.76. The van der Waals surface area contributed by atoms with Gasteiger partial charge in [0.2, 0.25) is 12.3 Å². The molecule has 118 valence electrons. The molecule has 9 heteroatoms. The molecule has 0 radical (unpaired) electrons. The Morgan fingerprint density at radius 3 is 2.32 bits per heavy atom. The van der Waals surface area contributed by atoms with E-state index in [0.717, 1.165) is 4.57 Å². The van der Waals surface area contributed by atoms with Crippen LogP contribution in [-0.2, 0) is 18.4 Å². The van der Waals surface area contributed by atoms with Crippen LogP contribution in [0.5, 0.6) is 23.3 Å². The van der Waals surface area contributed by atoms with Crippen LogP contribution in [0.4, 0.5) is 0 Å². The highest BCUT2D eigenvalue weighted by molar-refractivity contribution is 6.37. The Morgan fingerprint density at radius 2 is 1.86 bits per heavy atom. The summed E-state index contributed by atoms with van der Waals surface area (Å²) in [6.45, 7) is -0.0966. The van der Waals surface area contributed by atoms with Crippen LogP contribution in [0, 0.1) is 0 Å². The van der Waals surface area contributed by atoms with Crippen molar-refractivity contribution >= 4 is 29.6 Å². The van der Waals surface area contributed by atoms with E-state index in [1.54, 1.807) is 0 Å². The molecule has 1 aromatic carbocycles. The second-order valence-electron chi connectivity index (χ2n) is 4.44. The highest BCUT2D eigenvalue weighted by atomic mass is 35.5. The zero-order valence-corrected chi connectivity index (χ0v) is 12.8. The summed E-state index contributed by atoms with van der Waals surface area (Å²) >= 11 is 12.1. The van der Waals surface area contributed by atoms with Gasteiger partial charge in [0.15, 0.2) is 17.4 Å². The zero-order chi connectivity index (χ0) is 16.4. The van der Waals surface area contributed by atoms with Crippen molar-refractivity contribution in [1.82, 2.24) is 9.63 Å². The second kappa shape index (κ2) is 6.35. The minimum atomic E-state index is -0.295. The van der Waals surface area contributed by atoms with E-state index in [2.05, 4.69) is 0 Å². The first-order valence-corrected chi connectivity index (χ1v) is 6.73. The molecule has 0 saturated carbocycles. The third kappa shape index (κ3) is 3.22. The molecule has 0 aliphatic carbocycles. The molecule has 1 aromatic heterocycles. The Kier molecular flexibility index (Phi) is 4.70. The van der Waals surface area contributed by atoms with Crippen molar-refractivity contribution in [3.8, 4) is 23.3 Å².